The maximum atomic E-state index is 13.4. The number of para-hydroxylation sites is 1. The smallest absolute Gasteiger partial charge is 0.196 e. The number of rotatable bonds is 7. The third kappa shape index (κ3) is 4.31. The molecule has 142 valence electrons. The van der Waals surface area contributed by atoms with Crippen LogP contribution in [0.5, 0.6) is 5.75 Å². The fraction of sp³-hybridized carbons (Fsp3) is 0.300. The molecule has 2 aromatic carbocycles. The van der Waals surface area contributed by atoms with Crippen molar-refractivity contribution in [2.24, 2.45) is 0 Å². The largest absolute Gasteiger partial charge is 0.496 e. The van der Waals surface area contributed by atoms with Gasteiger partial charge < -0.3 is 4.74 Å². The van der Waals surface area contributed by atoms with E-state index in [1.165, 1.54) is 12.1 Å². The first-order valence-corrected chi connectivity index (χ1v) is 9.62. The van der Waals surface area contributed by atoms with E-state index in [9.17, 15) is 4.39 Å². The zero-order chi connectivity index (χ0) is 19.4. The van der Waals surface area contributed by atoms with E-state index in [1.807, 2.05) is 42.9 Å². The number of ether oxygens (including phenoxy) is 1. The van der Waals surface area contributed by atoms with Crippen molar-refractivity contribution < 1.29 is 9.13 Å². The topological polar surface area (TPSA) is 43.2 Å². The third-order valence-corrected chi connectivity index (χ3v) is 5.42. The van der Waals surface area contributed by atoms with E-state index in [0.717, 1.165) is 28.0 Å². The van der Waals surface area contributed by atoms with Gasteiger partial charge in [-0.05, 0) is 51.4 Å². The van der Waals surface area contributed by atoms with Gasteiger partial charge in [-0.15, -0.1) is 10.2 Å². The van der Waals surface area contributed by atoms with Gasteiger partial charge in [0.2, 0.25) is 0 Å². The number of hydrogen-bond acceptors (Lipinski definition) is 5. The predicted molar refractivity (Wildman–Crippen MR) is 106 cm³/mol. The van der Waals surface area contributed by atoms with Crippen molar-refractivity contribution >= 4 is 11.8 Å². The Labute approximate surface area is 163 Å². The van der Waals surface area contributed by atoms with Crippen LogP contribution in [0.25, 0.3) is 5.69 Å². The molecule has 0 fully saturated rings. The predicted octanol–water partition coefficient (Wildman–Crippen LogP) is 4.33. The van der Waals surface area contributed by atoms with Crippen molar-refractivity contribution in [3.63, 3.8) is 0 Å². The summed E-state index contributed by atoms with van der Waals surface area (Å²) in [5, 5.41) is 9.58. The lowest BCUT2D eigenvalue weighted by atomic mass is 10.2. The summed E-state index contributed by atoms with van der Waals surface area (Å²) in [6, 6.07) is 14.4. The third-order valence-electron chi connectivity index (χ3n) is 4.44. The van der Waals surface area contributed by atoms with Gasteiger partial charge in [0.1, 0.15) is 11.6 Å². The molecular weight excluding hydrogens is 363 g/mol. The molecule has 0 N–H and O–H groups in total. The molecular formula is C20H23FN4OS. The summed E-state index contributed by atoms with van der Waals surface area (Å²) in [5.41, 5.74) is 1.92. The van der Waals surface area contributed by atoms with Gasteiger partial charge in [-0.3, -0.25) is 9.47 Å². The molecule has 0 bridgehead atoms. The average molecular weight is 386 g/mol. The van der Waals surface area contributed by atoms with Crippen molar-refractivity contribution in [2.45, 2.75) is 23.9 Å². The summed E-state index contributed by atoms with van der Waals surface area (Å²) in [7, 11) is 5.66. The van der Waals surface area contributed by atoms with E-state index in [4.69, 9.17) is 4.74 Å². The van der Waals surface area contributed by atoms with Crippen molar-refractivity contribution in [1.29, 1.82) is 0 Å². The summed E-state index contributed by atoms with van der Waals surface area (Å²) in [6.07, 6.45) is 0. The van der Waals surface area contributed by atoms with Crippen LogP contribution < -0.4 is 4.74 Å². The second kappa shape index (κ2) is 8.54. The lowest BCUT2D eigenvalue weighted by molar-refractivity contribution is 0.305. The molecule has 0 radical (unpaired) electrons. The van der Waals surface area contributed by atoms with Crippen LogP contribution in [0.15, 0.2) is 53.7 Å². The molecule has 3 aromatic rings. The molecule has 27 heavy (non-hydrogen) atoms. The second-order valence-electron chi connectivity index (χ2n) is 6.39. The Bertz CT molecular complexity index is 895. The Kier molecular flexibility index (Phi) is 6.13. The molecule has 1 atom stereocenters. The number of halogens is 1. The quantitative estimate of drug-likeness (QED) is 0.566. The molecule has 0 saturated heterocycles. The second-order valence-corrected chi connectivity index (χ2v) is 7.34. The monoisotopic (exact) mass is 386 g/mol. The van der Waals surface area contributed by atoms with E-state index < -0.39 is 0 Å². The van der Waals surface area contributed by atoms with Gasteiger partial charge in [0.15, 0.2) is 11.0 Å². The molecule has 0 aliphatic carbocycles. The van der Waals surface area contributed by atoms with Crippen LogP contribution in [-0.2, 0) is 5.75 Å². The number of methoxy groups -OCH3 is 1. The highest BCUT2D eigenvalue weighted by Crippen LogP contribution is 2.31. The minimum atomic E-state index is -0.266. The maximum Gasteiger partial charge on any atom is 0.196 e. The summed E-state index contributed by atoms with van der Waals surface area (Å²) in [6.45, 7) is 2.07. The van der Waals surface area contributed by atoms with Crippen molar-refractivity contribution in [1.82, 2.24) is 19.7 Å². The van der Waals surface area contributed by atoms with Gasteiger partial charge in [-0.2, -0.15) is 0 Å². The Morgan fingerprint density at radius 1 is 1.11 bits per heavy atom. The molecule has 1 aromatic heterocycles. The number of benzene rings is 2. The summed E-state index contributed by atoms with van der Waals surface area (Å²) < 4.78 is 20.8. The molecule has 0 spiro atoms. The number of hydrogen-bond donors (Lipinski definition) is 0. The van der Waals surface area contributed by atoms with Gasteiger partial charge >= 0.3 is 0 Å². The minimum Gasteiger partial charge on any atom is -0.496 e. The lowest BCUT2D eigenvalue weighted by Gasteiger charge is -2.20. The fourth-order valence-electron chi connectivity index (χ4n) is 2.67. The highest BCUT2D eigenvalue weighted by atomic mass is 32.2. The van der Waals surface area contributed by atoms with E-state index in [-0.39, 0.29) is 11.9 Å². The Morgan fingerprint density at radius 2 is 1.81 bits per heavy atom. The number of aromatic nitrogens is 3. The fourth-order valence-corrected chi connectivity index (χ4v) is 3.62. The first-order chi connectivity index (χ1) is 13.0. The van der Waals surface area contributed by atoms with Gasteiger partial charge in [0, 0.05) is 17.0 Å². The van der Waals surface area contributed by atoms with Gasteiger partial charge in [0.05, 0.1) is 13.2 Å². The summed E-state index contributed by atoms with van der Waals surface area (Å²) in [4.78, 5) is 2.07. The van der Waals surface area contributed by atoms with Crippen LogP contribution in [0.4, 0.5) is 4.39 Å². The van der Waals surface area contributed by atoms with Gasteiger partial charge in [0.25, 0.3) is 0 Å². The molecule has 0 aliphatic heterocycles. The Balaban J connectivity index is 1.96. The van der Waals surface area contributed by atoms with E-state index in [1.54, 1.807) is 31.0 Å². The summed E-state index contributed by atoms with van der Waals surface area (Å²) >= 11 is 1.58. The minimum absolute atomic E-state index is 0.0585. The highest BCUT2D eigenvalue weighted by Gasteiger charge is 2.21. The maximum absolute atomic E-state index is 13.4. The highest BCUT2D eigenvalue weighted by molar-refractivity contribution is 7.98. The van der Waals surface area contributed by atoms with Gasteiger partial charge in [-0.1, -0.05) is 30.0 Å². The van der Waals surface area contributed by atoms with Crippen LogP contribution in [0.3, 0.4) is 0 Å². The van der Waals surface area contributed by atoms with E-state index in [2.05, 4.69) is 22.0 Å². The SMILES string of the molecule is COc1ccccc1CSc1nnc([C@H](C)N(C)C)n1-c1ccc(F)cc1. The van der Waals surface area contributed by atoms with Crippen molar-refractivity contribution in [3.8, 4) is 11.4 Å². The zero-order valence-corrected chi connectivity index (χ0v) is 16.7. The lowest BCUT2D eigenvalue weighted by Crippen LogP contribution is -2.20. The van der Waals surface area contributed by atoms with Crippen molar-refractivity contribution in [2.75, 3.05) is 21.2 Å². The number of thioether (sulfide) groups is 1. The van der Waals surface area contributed by atoms with Crippen LogP contribution in [0, 0.1) is 5.82 Å². The van der Waals surface area contributed by atoms with Crippen LogP contribution in [-0.4, -0.2) is 40.9 Å². The standard InChI is InChI=1S/C20H23FN4OS/c1-14(24(2)3)19-22-23-20(25(19)17-11-9-16(21)10-12-17)27-13-15-7-5-6-8-18(15)26-4/h5-12,14H,13H2,1-4H3/t14-/m0/s1. The number of nitrogens with zero attached hydrogens (tertiary/aromatic N) is 4. The Morgan fingerprint density at radius 3 is 2.48 bits per heavy atom. The van der Waals surface area contributed by atoms with Crippen LogP contribution >= 0.6 is 11.8 Å². The normalized spacial score (nSPS) is 12.4. The first-order valence-electron chi connectivity index (χ1n) is 8.63. The first kappa shape index (κ1) is 19.4. The van der Waals surface area contributed by atoms with Crippen molar-refractivity contribution in [3.05, 3.63) is 65.7 Å². The molecule has 5 nitrogen and oxygen atoms in total. The zero-order valence-electron chi connectivity index (χ0n) is 15.9. The average Bonchev–Trinajstić information content (AvgIpc) is 3.10. The summed E-state index contributed by atoms with van der Waals surface area (Å²) in [5.74, 6) is 2.09. The van der Waals surface area contributed by atoms with Crippen LogP contribution in [0.2, 0.25) is 0 Å². The molecule has 0 amide bonds. The molecule has 0 saturated carbocycles. The molecule has 1 heterocycles. The molecule has 0 aliphatic rings. The molecule has 7 heteroatoms. The Hall–Kier alpha value is -2.38. The van der Waals surface area contributed by atoms with E-state index >= 15 is 0 Å². The van der Waals surface area contributed by atoms with Crippen LogP contribution in [0.1, 0.15) is 24.4 Å². The van der Waals surface area contributed by atoms with E-state index in [0.29, 0.717) is 5.75 Å². The molecule has 0 unspecified atom stereocenters. The van der Waals surface area contributed by atoms with Gasteiger partial charge in [-0.25, -0.2) is 4.39 Å². The molecule has 3 rings (SSSR count).